The molecule has 3 rings (SSSR count). The molecule has 0 saturated heterocycles. The number of carbonyl (C=O) groups is 2. The van der Waals surface area contributed by atoms with Crippen LogP contribution in [0.25, 0.3) is 11.0 Å². The van der Waals surface area contributed by atoms with E-state index >= 15 is 0 Å². The average Bonchev–Trinajstić information content (AvgIpc) is 3.22. The maximum absolute atomic E-state index is 12.3. The first-order valence-corrected chi connectivity index (χ1v) is 13.6. The summed E-state index contributed by atoms with van der Waals surface area (Å²) in [5.41, 5.74) is 3.06. The number of imidazole rings is 1. The zero-order chi connectivity index (χ0) is 26.7. The third kappa shape index (κ3) is 9.29. The van der Waals surface area contributed by atoms with Crippen molar-refractivity contribution in [3.05, 3.63) is 65.5 Å². The van der Waals surface area contributed by atoms with Crippen molar-refractivity contribution in [2.24, 2.45) is 0 Å². The molecule has 200 valence electrons. The molecule has 3 aromatic rings. The van der Waals surface area contributed by atoms with Crippen LogP contribution in [-0.4, -0.2) is 52.5 Å². The summed E-state index contributed by atoms with van der Waals surface area (Å²) in [4.78, 5) is 29.1. The van der Waals surface area contributed by atoms with Gasteiger partial charge in [0.05, 0.1) is 24.2 Å². The Hall–Kier alpha value is -3.24. The highest BCUT2D eigenvalue weighted by atomic mass is 32.2. The number of para-hydroxylation sites is 1. The van der Waals surface area contributed by atoms with Crippen LogP contribution in [0.1, 0.15) is 37.7 Å². The molecule has 0 saturated carbocycles. The smallest absolute Gasteiger partial charge is 0.407 e. The van der Waals surface area contributed by atoms with Gasteiger partial charge in [-0.2, -0.15) is 11.8 Å². The third-order valence-electron chi connectivity index (χ3n) is 5.25. The van der Waals surface area contributed by atoms with Gasteiger partial charge in [-0.15, -0.1) is 0 Å². The van der Waals surface area contributed by atoms with Crippen molar-refractivity contribution >= 4 is 35.0 Å². The van der Waals surface area contributed by atoms with Crippen LogP contribution in [0, 0.1) is 0 Å². The summed E-state index contributed by atoms with van der Waals surface area (Å²) in [7, 11) is 0. The fourth-order valence-electron chi connectivity index (χ4n) is 3.62. The molecule has 1 heterocycles. The molecule has 0 aliphatic rings. The Morgan fingerprint density at radius 1 is 1.03 bits per heavy atom. The van der Waals surface area contributed by atoms with E-state index in [1.54, 1.807) is 11.8 Å². The lowest BCUT2D eigenvalue weighted by Gasteiger charge is -2.19. The maximum atomic E-state index is 12.3. The molecular weight excluding hydrogens is 492 g/mol. The second-order valence-corrected chi connectivity index (χ2v) is 10.4. The van der Waals surface area contributed by atoms with Gasteiger partial charge in [-0.3, -0.25) is 0 Å². The van der Waals surface area contributed by atoms with Crippen LogP contribution in [0.15, 0.2) is 48.5 Å². The second-order valence-electron chi connectivity index (χ2n) is 9.37. The number of aromatic nitrogens is 2. The molecule has 0 bridgehead atoms. The Bertz CT molecular complexity index is 1160. The molecule has 9 nitrogen and oxygen atoms in total. The van der Waals surface area contributed by atoms with Crippen LogP contribution in [0.4, 0.5) is 9.59 Å². The van der Waals surface area contributed by atoms with Gasteiger partial charge in [0.2, 0.25) is 0 Å². The molecule has 0 radical (unpaired) electrons. The Labute approximate surface area is 222 Å². The molecule has 0 spiro atoms. The molecule has 0 atom stereocenters. The Morgan fingerprint density at radius 2 is 1.81 bits per heavy atom. The molecule has 37 heavy (non-hydrogen) atoms. The molecule has 0 fully saturated rings. The van der Waals surface area contributed by atoms with Gasteiger partial charge in [-0.1, -0.05) is 42.5 Å². The zero-order valence-electron chi connectivity index (χ0n) is 21.9. The number of thioether (sulfide) groups is 1. The van der Waals surface area contributed by atoms with E-state index in [1.807, 2.05) is 80.1 Å². The van der Waals surface area contributed by atoms with Gasteiger partial charge in [0.1, 0.15) is 24.8 Å². The van der Waals surface area contributed by atoms with E-state index in [9.17, 15) is 9.59 Å². The number of nitrogens with zero attached hydrogens (tertiary/aromatic N) is 2. The lowest BCUT2D eigenvalue weighted by molar-refractivity contribution is 0.0528. The van der Waals surface area contributed by atoms with Gasteiger partial charge in [0.25, 0.3) is 0 Å². The summed E-state index contributed by atoms with van der Waals surface area (Å²) in [6.45, 7) is 7.16. The van der Waals surface area contributed by atoms with E-state index in [1.165, 1.54) is 0 Å². The molecule has 2 amide bonds. The van der Waals surface area contributed by atoms with E-state index in [4.69, 9.17) is 19.2 Å². The van der Waals surface area contributed by atoms with Gasteiger partial charge in [-0.25, -0.2) is 14.6 Å². The number of fused-ring (bicyclic) bond motifs is 1. The van der Waals surface area contributed by atoms with Crippen LogP contribution < -0.4 is 10.6 Å². The van der Waals surface area contributed by atoms with Gasteiger partial charge < -0.3 is 29.4 Å². The fraction of sp³-hybridized carbons (Fsp3) is 0.444. The van der Waals surface area contributed by atoms with Crippen LogP contribution >= 0.6 is 11.8 Å². The fourth-order valence-corrected chi connectivity index (χ4v) is 3.91. The topological polar surface area (TPSA) is 104 Å². The number of hydrogen-bond acceptors (Lipinski definition) is 7. The minimum absolute atomic E-state index is 0.184. The standard InChI is InChI=1S/C27H36N4O5S/c1-27(2,3)36-26(33)28-14-13-21-11-8-12-22-24(21)31(19-34-15-16-37-4)23(30-22)17-29-25(32)35-18-20-9-6-5-7-10-20/h5-12H,13-19H2,1-4H3,(H,28,33)(H,29,32). The Kier molecular flexibility index (Phi) is 10.6. The molecular formula is C27H36N4O5S. The first-order valence-electron chi connectivity index (χ1n) is 12.2. The number of benzene rings is 2. The Balaban J connectivity index is 1.70. The predicted octanol–water partition coefficient (Wildman–Crippen LogP) is 4.87. The number of ether oxygens (including phenoxy) is 3. The highest BCUT2D eigenvalue weighted by Crippen LogP contribution is 2.22. The van der Waals surface area contributed by atoms with E-state index in [0.717, 1.165) is 27.9 Å². The normalized spacial score (nSPS) is 11.4. The number of hydrogen-bond donors (Lipinski definition) is 2. The SMILES string of the molecule is CSCCOCn1c(CNC(=O)OCc2ccccc2)nc2cccc(CCNC(=O)OC(C)(C)C)c21. The number of rotatable bonds is 12. The second kappa shape index (κ2) is 13.9. The van der Waals surface area contributed by atoms with Crippen molar-refractivity contribution in [3.63, 3.8) is 0 Å². The molecule has 2 aromatic carbocycles. The van der Waals surface area contributed by atoms with Gasteiger partial charge >= 0.3 is 12.2 Å². The Morgan fingerprint density at radius 3 is 2.54 bits per heavy atom. The molecule has 0 aliphatic heterocycles. The summed E-state index contributed by atoms with van der Waals surface area (Å²) >= 11 is 1.71. The lowest BCUT2D eigenvalue weighted by Crippen LogP contribution is -2.33. The van der Waals surface area contributed by atoms with Gasteiger partial charge in [0.15, 0.2) is 0 Å². The molecule has 10 heteroatoms. The quantitative estimate of drug-likeness (QED) is 0.323. The lowest BCUT2D eigenvalue weighted by atomic mass is 10.1. The van der Waals surface area contributed by atoms with E-state index in [0.29, 0.717) is 32.1 Å². The van der Waals surface area contributed by atoms with Crippen molar-refractivity contribution < 1.29 is 23.8 Å². The summed E-state index contributed by atoms with van der Waals surface area (Å²) < 4.78 is 18.5. The van der Waals surface area contributed by atoms with Gasteiger partial charge in [0, 0.05) is 12.3 Å². The number of amides is 2. The third-order valence-corrected chi connectivity index (χ3v) is 5.82. The van der Waals surface area contributed by atoms with Crippen molar-refractivity contribution in [2.45, 2.75) is 52.7 Å². The summed E-state index contributed by atoms with van der Waals surface area (Å²) in [5, 5.41) is 5.60. The molecule has 1 aromatic heterocycles. The van der Waals surface area contributed by atoms with Crippen molar-refractivity contribution in [2.75, 3.05) is 25.2 Å². The zero-order valence-corrected chi connectivity index (χ0v) is 22.7. The first-order chi connectivity index (χ1) is 17.8. The summed E-state index contributed by atoms with van der Waals surface area (Å²) in [5.74, 6) is 1.53. The average molecular weight is 529 g/mol. The van der Waals surface area contributed by atoms with E-state index in [2.05, 4.69) is 10.6 Å². The number of carbonyl (C=O) groups excluding carboxylic acids is 2. The van der Waals surface area contributed by atoms with Crippen LogP contribution in [0.5, 0.6) is 0 Å². The molecule has 0 aliphatic carbocycles. The minimum Gasteiger partial charge on any atom is -0.445 e. The van der Waals surface area contributed by atoms with Crippen LogP contribution in [0.3, 0.4) is 0 Å². The number of nitrogens with one attached hydrogen (secondary N) is 2. The van der Waals surface area contributed by atoms with Crippen molar-refractivity contribution in [3.8, 4) is 0 Å². The highest BCUT2D eigenvalue weighted by Gasteiger charge is 2.18. The van der Waals surface area contributed by atoms with E-state index in [-0.39, 0.29) is 13.2 Å². The van der Waals surface area contributed by atoms with Crippen LogP contribution in [0.2, 0.25) is 0 Å². The van der Waals surface area contributed by atoms with Crippen LogP contribution in [-0.2, 0) is 40.5 Å². The first kappa shape index (κ1) is 28.3. The summed E-state index contributed by atoms with van der Waals surface area (Å²) in [6, 6.07) is 15.4. The molecule has 2 N–H and O–H groups in total. The molecule has 0 unspecified atom stereocenters. The van der Waals surface area contributed by atoms with Crippen molar-refractivity contribution in [1.29, 1.82) is 0 Å². The maximum Gasteiger partial charge on any atom is 0.407 e. The largest absolute Gasteiger partial charge is 0.445 e. The van der Waals surface area contributed by atoms with E-state index < -0.39 is 17.8 Å². The minimum atomic E-state index is -0.555. The number of alkyl carbamates (subject to hydrolysis) is 2. The highest BCUT2D eigenvalue weighted by molar-refractivity contribution is 7.98. The summed E-state index contributed by atoms with van der Waals surface area (Å²) in [6.07, 6.45) is 1.64. The van der Waals surface area contributed by atoms with Gasteiger partial charge in [-0.05, 0) is 50.6 Å². The monoisotopic (exact) mass is 528 g/mol. The van der Waals surface area contributed by atoms with Crippen molar-refractivity contribution in [1.82, 2.24) is 20.2 Å². The predicted molar refractivity (Wildman–Crippen MR) is 145 cm³/mol.